The Balaban J connectivity index is 1.61. The van der Waals surface area contributed by atoms with Crippen molar-refractivity contribution in [2.45, 2.75) is 25.6 Å². The van der Waals surface area contributed by atoms with Crippen LogP contribution in [0.1, 0.15) is 24.2 Å². The maximum absolute atomic E-state index is 11.9. The number of hydrogen-bond donors (Lipinski definition) is 0. The molecule has 0 saturated heterocycles. The number of fused-ring (bicyclic) bond motifs is 3. The molecule has 0 radical (unpaired) electrons. The van der Waals surface area contributed by atoms with Gasteiger partial charge in [0.15, 0.2) is 6.10 Å². The Hall–Kier alpha value is -4.13. The maximum Gasteiger partial charge on any atom is 0.303 e. The van der Waals surface area contributed by atoms with E-state index in [0.717, 1.165) is 33.6 Å². The number of furan rings is 1. The second kappa shape index (κ2) is 9.25. The average molecular weight is 475 g/mol. The lowest BCUT2D eigenvalue weighted by molar-refractivity contribution is -0.152. The van der Waals surface area contributed by atoms with Crippen LogP contribution in [0.25, 0.3) is 22.3 Å². The van der Waals surface area contributed by atoms with E-state index >= 15 is 0 Å². The zero-order valence-corrected chi connectivity index (χ0v) is 20.0. The zero-order chi connectivity index (χ0) is 24.5. The van der Waals surface area contributed by atoms with Crippen LogP contribution in [0.5, 0.6) is 23.0 Å². The largest absolute Gasteiger partial charge is 0.497 e. The van der Waals surface area contributed by atoms with Crippen molar-refractivity contribution in [3.05, 3.63) is 71.8 Å². The van der Waals surface area contributed by atoms with Crippen LogP contribution in [0.2, 0.25) is 0 Å². The van der Waals surface area contributed by atoms with Gasteiger partial charge in [0.05, 0.1) is 26.7 Å². The van der Waals surface area contributed by atoms with Crippen molar-refractivity contribution in [3.63, 3.8) is 0 Å². The molecule has 1 aromatic heterocycles. The molecule has 0 saturated carbocycles. The van der Waals surface area contributed by atoms with E-state index in [0.29, 0.717) is 29.3 Å². The Morgan fingerprint density at radius 1 is 0.886 bits per heavy atom. The summed E-state index contributed by atoms with van der Waals surface area (Å²) in [5, 5.41) is 0.825. The molecule has 180 valence electrons. The molecule has 4 aromatic rings. The van der Waals surface area contributed by atoms with Gasteiger partial charge in [-0.05, 0) is 48.0 Å². The molecular weight excluding hydrogens is 448 g/mol. The smallest absolute Gasteiger partial charge is 0.303 e. The van der Waals surface area contributed by atoms with E-state index in [-0.39, 0.29) is 5.97 Å². The molecule has 0 spiro atoms. The lowest BCUT2D eigenvalue weighted by atomic mass is 9.92. The van der Waals surface area contributed by atoms with E-state index in [2.05, 4.69) is 0 Å². The van der Waals surface area contributed by atoms with Gasteiger partial charge in [-0.2, -0.15) is 0 Å². The summed E-state index contributed by atoms with van der Waals surface area (Å²) in [4.78, 5) is 11.9. The van der Waals surface area contributed by atoms with Crippen LogP contribution in [0.15, 0.2) is 65.1 Å². The molecule has 5 rings (SSSR count). The summed E-state index contributed by atoms with van der Waals surface area (Å²) in [5.74, 6) is 3.11. The van der Waals surface area contributed by atoms with Crippen LogP contribution in [0, 0.1) is 0 Å². The number of methoxy groups -OCH3 is 3. The van der Waals surface area contributed by atoms with Crippen molar-refractivity contribution in [2.75, 3.05) is 21.3 Å². The first-order valence-electron chi connectivity index (χ1n) is 11.3. The summed E-state index contributed by atoms with van der Waals surface area (Å²) in [6.45, 7) is 1.40. The highest BCUT2D eigenvalue weighted by molar-refractivity contribution is 5.91. The Morgan fingerprint density at radius 3 is 2.14 bits per heavy atom. The summed E-state index contributed by atoms with van der Waals surface area (Å²) >= 11 is 0. The molecule has 2 heterocycles. The zero-order valence-electron chi connectivity index (χ0n) is 20.0. The van der Waals surface area contributed by atoms with Gasteiger partial charge >= 0.3 is 5.97 Å². The Bertz CT molecular complexity index is 1350. The highest BCUT2D eigenvalue weighted by Gasteiger charge is 2.37. The second-order valence-corrected chi connectivity index (χ2v) is 8.30. The number of carbonyl (C=O) groups excluding carboxylic acids is 1. The maximum atomic E-state index is 11.9. The Morgan fingerprint density at radius 2 is 1.54 bits per heavy atom. The van der Waals surface area contributed by atoms with Gasteiger partial charge in [-0.25, -0.2) is 0 Å². The van der Waals surface area contributed by atoms with E-state index in [1.54, 1.807) is 21.3 Å². The first-order valence-corrected chi connectivity index (χ1v) is 11.3. The van der Waals surface area contributed by atoms with Crippen LogP contribution in [0.4, 0.5) is 0 Å². The number of hydrogen-bond acceptors (Lipinski definition) is 7. The van der Waals surface area contributed by atoms with Crippen LogP contribution in [0.3, 0.4) is 0 Å². The highest BCUT2D eigenvalue weighted by Crippen LogP contribution is 2.47. The standard InChI is InChI=1S/C28H26O7/c1-16(29)33-26-14-21-24(32-4)15-25-22(13-23(34-25)17-5-9-19(30-2)10-6-17)28(21)35-27(26)18-7-11-20(31-3)12-8-18/h5-13,15,26-27H,14H2,1-4H3. The molecule has 2 atom stereocenters. The fourth-order valence-electron chi connectivity index (χ4n) is 4.48. The molecule has 35 heavy (non-hydrogen) atoms. The van der Waals surface area contributed by atoms with Crippen molar-refractivity contribution in [3.8, 4) is 34.3 Å². The molecule has 7 heteroatoms. The van der Waals surface area contributed by atoms with Gasteiger partial charge in [0.1, 0.15) is 40.4 Å². The quantitative estimate of drug-likeness (QED) is 0.330. The van der Waals surface area contributed by atoms with Gasteiger partial charge in [-0.1, -0.05) is 12.1 Å². The number of carbonyl (C=O) groups is 1. The average Bonchev–Trinajstić information content (AvgIpc) is 3.32. The van der Waals surface area contributed by atoms with E-state index in [1.165, 1.54) is 6.92 Å². The van der Waals surface area contributed by atoms with E-state index in [4.69, 9.17) is 28.1 Å². The third kappa shape index (κ3) is 4.25. The Labute approximate surface area is 203 Å². The van der Waals surface area contributed by atoms with Gasteiger partial charge in [-0.3, -0.25) is 4.79 Å². The van der Waals surface area contributed by atoms with E-state index in [1.807, 2.05) is 60.7 Å². The molecule has 1 aliphatic rings. The van der Waals surface area contributed by atoms with Gasteiger partial charge in [0, 0.05) is 30.5 Å². The normalized spacial score (nSPS) is 16.8. The summed E-state index contributed by atoms with van der Waals surface area (Å²) in [7, 11) is 4.85. The fraction of sp³-hybridized carbons (Fsp3) is 0.250. The summed E-state index contributed by atoms with van der Waals surface area (Å²) in [6, 6.07) is 19.0. The molecule has 0 fully saturated rings. The first-order chi connectivity index (χ1) is 17.0. The third-order valence-corrected chi connectivity index (χ3v) is 6.18. The molecule has 0 amide bonds. The minimum atomic E-state index is -0.521. The molecule has 7 nitrogen and oxygen atoms in total. The van der Waals surface area contributed by atoms with Gasteiger partial charge in [0.25, 0.3) is 0 Å². The van der Waals surface area contributed by atoms with Crippen LogP contribution >= 0.6 is 0 Å². The molecule has 2 unspecified atom stereocenters. The lowest BCUT2D eigenvalue weighted by Crippen LogP contribution is -2.34. The Kier molecular flexibility index (Phi) is 5.99. The van der Waals surface area contributed by atoms with E-state index in [9.17, 15) is 4.79 Å². The van der Waals surface area contributed by atoms with Crippen molar-refractivity contribution in [2.24, 2.45) is 0 Å². The van der Waals surface area contributed by atoms with Crippen molar-refractivity contribution in [1.82, 2.24) is 0 Å². The molecule has 0 bridgehead atoms. The van der Waals surface area contributed by atoms with Crippen molar-refractivity contribution in [1.29, 1.82) is 0 Å². The lowest BCUT2D eigenvalue weighted by Gasteiger charge is -2.34. The van der Waals surface area contributed by atoms with Crippen molar-refractivity contribution >= 4 is 16.9 Å². The molecule has 0 N–H and O–H groups in total. The minimum Gasteiger partial charge on any atom is -0.497 e. The molecule has 3 aromatic carbocycles. The number of esters is 1. The van der Waals surface area contributed by atoms with E-state index < -0.39 is 12.2 Å². The van der Waals surface area contributed by atoms with Gasteiger partial charge in [0.2, 0.25) is 0 Å². The van der Waals surface area contributed by atoms with Crippen molar-refractivity contribution < 1.29 is 32.9 Å². The molecule has 1 aliphatic heterocycles. The molecular formula is C28H26O7. The molecule has 0 aliphatic carbocycles. The summed E-state index contributed by atoms with van der Waals surface area (Å²) in [6.07, 6.45) is -0.590. The minimum absolute atomic E-state index is 0.370. The summed E-state index contributed by atoms with van der Waals surface area (Å²) < 4.78 is 34.7. The van der Waals surface area contributed by atoms with Crippen LogP contribution < -0.4 is 18.9 Å². The number of benzene rings is 3. The SMILES string of the molecule is COc1ccc(-c2cc3c4c(c(OC)cc3o2)CC(OC(C)=O)C(c2ccc(OC)cc2)O4)cc1. The summed E-state index contributed by atoms with van der Waals surface area (Å²) in [5.41, 5.74) is 3.26. The van der Waals surface area contributed by atoms with Crippen LogP contribution in [-0.4, -0.2) is 33.4 Å². The predicted octanol–water partition coefficient (Wildman–Crippen LogP) is 5.73. The topological polar surface area (TPSA) is 76.4 Å². The highest BCUT2D eigenvalue weighted by atomic mass is 16.6. The fourth-order valence-corrected chi connectivity index (χ4v) is 4.48. The second-order valence-electron chi connectivity index (χ2n) is 8.30. The monoisotopic (exact) mass is 474 g/mol. The number of rotatable bonds is 6. The number of ether oxygens (including phenoxy) is 5. The first kappa shape index (κ1) is 22.7. The van der Waals surface area contributed by atoms with Gasteiger partial charge < -0.3 is 28.1 Å². The van der Waals surface area contributed by atoms with Gasteiger partial charge in [-0.15, -0.1) is 0 Å². The third-order valence-electron chi connectivity index (χ3n) is 6.18. The van der Waals surface area contributed by atoms with Crippen LogP contribution in [-0.2, 0) is 16.0 Å². The predicted molar refractivity (Wildman–Crippen MR) is 130 cm³/mol.